The minimum absolute atomic E-state index is 0.0813. The topological polar surface area (TPSA) is 314 Å². The van der Waals surface area contributed by atoms with E-state index in [1.165, 1.54) is 49.7 Å². The molecule has 23 nitrogen and oxygen atoms in total. The van der Waals surface area contributed by atoms with E-state index in [4.69, 9.17) is 0 Å². The molecule has 1 aliphatic heterocycles. The van der Waals surface area contributed by atoms with Gasteiger partial charge in [-0.25, -0.2) is 0 Å². The van der Waals surface area contributed by atoms with Crippen LogP contribution in [-0.2, 0) is 52.7 Å². The third kappa shape index (κ3) is 21.3. The number of amides is 11. The Balaban J connectivity index is 3.73. The van der Waals surface area contributed by atoms with Crippen LogP contribution in [0.4, 0.5) is 0 Å². The van der Waals surface area contributed by atoms with E-state index in [1.807, 2.05) is 41.5 Å². The summed E-state index contributed by atoms with van der Waals surface area (Å²) in [7, 11) is 4.30. The van der Waals surface area contributed by atoms with Gasteiger partial charge in [-0.05, 0) is 62.2 Å². The van der Waals surface area contributed by atoms with Gasteiger partial charge in [0.1, 0.15) is 48.3 Å². The van der Waals surface area contributed by atoms with Crippen LogP contribution in [0.25, 0.3) is 0 Å². The van der Waals surface area contributed by atoms with Crippen molar-refractivity contribution in [1.29, 1.82) is 0 Å². The van der Waals surface area contributed by atoms with Gasteiger partial charge >= 0.3 is 0 Å². The van der Waals surface area contributed by atoms with Crippen LogP contribution in [0.15, 0.2) is 0 Å². The molecule has 11 atom stereocenters. The maximum absolute atomic E-state index is 14.2. The molecule has 1 saturated heterocycles. The van der Waals surface area contributed by atoms with E-state index >= 15 is 0 Å². The normalized spacial score (nSPS) is 26.8. The van der Waals surface area contributed by atoms with Crippen LogP contribution in [0.5, 0.6) is 0 Å². The second-order valence-corrected chi connectivity index (χ2v) is 22.1. The van der Waals surface area contributed by atoms with Gasteiger partial charge in [0.2, 0.25) is 65.0 Å². The van der Waals surface area contributed by atoms with Crippen LogP contribution >= 0.6 is 0 Å². The molecule has 0 saturated carbocycles. The lowest BCUT2D eigenvalue weighted by Gasteiger charge is -2.35. The number of nitrogens with zero attached hydrogens (tertiary/aromatic N) is 3. The zero-order valence-corrected chi connectivity index (χ0v) is 48.5. The highest BCUT2D eigenvalue weighted by Gasteiger charge is 2.40. The maximum Gasteiger partial charge on any atom is 0.245 e. The molecule has 1 fully saturated rings. The first-order chi connectivity index (χ1) is 35.3. The van der Waals surface area contributed by atoms with E-state index in [0.717, 1.165) is 0 Å². The van der Waals surface area contributed by atoms with Gasteiger partial charge in [0.05, 0.1) is 6.10 Å². The smallest absolute Gasteiger partial charge is 0.245 e. The largest absolute Gasteiger partial charge is 0.391 e. The second kappa shape index (κ2) is 32.7. The summed E-state index contributed by atoms with van der Waals surface area (Å²) in [6.45, 7) is 23.7. The van der Waals surface area contributed by atoms with Crippen molar-refractivity contribution in [2.45, 2.75) is 196 Å². The van der Waals surface area contributed by atoms with Crippen molar-refractivity contribution >= 4 is 65.0 Å². The zero-order chi connectivity index (χ0) is 58.5. The number of rotatable bonds is 11. The average molecular weight is 1080 g/mol. The zero-order valence-electron chi connectivity index (χ0n) is 48.5. The molecule has 434 valence electrons. The fraction of sp³-hybridized carbons (Fsp3) is 0.792. The summed E-state index contributed by atoms with van der Waals surface area (Å²) >= 11 is 0. The number of aliphatic hydroxyl groups is 1. The number of aliphatic hydroxyl groups excluding tert-OH is 1. The van der Waals surface area contributed by atoms with Crippen LogP contribution in [0.1, 0.15) is 142 Å². The monoisotopic (exact) mass is 1080 g/mol. The first-order valence-corrected chi connectivity index (χ1v) is 27.1. The average Bonchev–Trinajstić information content (AvgIpc) is 3.32. The predicted molar refractivity (Wildman–Crippen MR) is 287 cm³/mol. The van der Waals surface area contributed by atoms with Gasteiger partial charge in [0.15, 0.2) is 0 Å². The summed E-state index contributed by atoms with van der Waals surface area (Å²) in [6.07, 6.45) is -0.862. The van der Waals surface area contributed by atoms with Crippen LogP contribution in [0, 0.1) is 35.5 Å². The SMILES string of the molecule is CCC(C)C1NC(=O)CCNC(=O)C(C(C)CC)N(C)C(=O)C(CC(C)C)NC(=O)CCNC(=O)C(C(C)O)NC(=O)C(C(C)C)N(C)C(=O)C(CC(C)C)NC(=O)CCNC(=O)C(C)NC(=O)C(C(C)C)N(C)C1=O. The van der Waals surface area contributed by atoms with Crippen LogP contribution < -0.4 is 42.5 Å². The molecule has 0 aromatic rings. The Labute approximate surface area is 451 Å². The molecule has 11 amide bonds. The Kier molecular flexibility index (Phi) is 29.3. The van der Waals surface area contributed by atoms with Crippen molar-refractivity contribution in [3.63, 3.8) is 0 Å². The molecule has 0 aromatic carbocycles. The van der Waals surface area contributed by atoms with Gasteiger partial charge in [-0.1, -0.05) is 95.9 Å². The Morgan fingerprint density at radius 1 is 0.447 bits per heavy atom. The Bertz CT molecular complexity index is 2000. The van der Waals surface area contributed by atoms with Gasteiger partial charge in [0, 0.05) is 60.0 Å². The van der Waals surface area contributed by atoms with Crippen LogP contribution in [-0.4, -0.2) is 180 Å². The summed E-state index contributed by atoms with van der Waals surface area (Å²) in [5, 5.41) is 32.1. The Morgan fingerprint density at radius 2 is 0.816 bits per heavy atom. The summed E-state index contributed by atoms with van der Waals surface area (Å²) in [6, 6.07) is -9.13. The van der Waals surface area contributed by atoms with Crippen molar-refractivity contribution in [3.8, 4) is 0 Å². The summed E-state index contributed by atoms with van der Waals surface area (Å²) in [4.78, 5) is 155. The molecule has 0 aromatic heterocycles. The predicted octanol–water partition coefficient (Wildman–Crippen LogP) is 0.321. The molecule has 1 rings (SSSR count). The summed E-state index contributed by atoms with van der Waals surface area (Å²) in [5.74, 6) is -8.75. The van der Waals surface area contributed by atoms with Gasteiger partial charge in [-0.3, -0.25) is 52.7 Å². The van der Waals surface area contributed by atoms with Gasteiger partial charge < -0.3 is 62.3 Å². The molecule has 0 bridgehead atoms. The van der Waals surface area contributed by atoms with E-state index in [9.17, 15) is 57.8 Å². The van der Waals surface area contributed by atoms with Gasteiger partial charge in [-0.15, -0.1) is 0 Å². The fourth-order valence-electron chi connectivity index (χ4n) is 9.13. The van der Waals surface area contributed by atoms with Crippen molar-refractivity contribution in [2.75, 3.05) is 40.8 Å². The Hall–Kier alpha value is -5.87. The molecule has 23 heteroatoms. The maximum atomic E-state index is 14.2. The number of carbonyl (C=O) groups is 11. The van der Waals surface area contributed by atoms with Gasteiger partial charge in [0.25, 0.3) is 0 Å². The quantitative estimate of drug-likeness (QED) is 0.135. The third-order valence-corrected chi connectivity index (χ3v) is 13.8. The van der Waals surface area contributed by atoms with E-state index < -0.39 is 131 Å². The fourth-order valence-corrected chi connectivity index (χ4v) is 9.13. The third-order valence-electron chi connectivity index (χ3n) is 13.8. The van der Waals surface area contributed by atoms with E-state index in [-0.39, 0.29) is 75.4 Å². The van der Waals surface area contributed by atoms with E-state index in [0.29, 0.717) is 12.8 Å². The molecular weight excluding hydrogens is 983 g/mol. The minimum Gasteiger partial charge on any atom is -0.391 e. The van der Waals surface area contributed by atoms with Crippen molar-refractivity contribution in [2.24, 2.45) is 35.5 Å². The van der Waals surface area contributed by atoms with E-state index in [1.54, 1.807) is 41.5 Å². The molecule has 0 aliphatic carbocycles. The second-order valence-electron chi connectivity index (χ2n) is 22.1. The minimum atomic E-state index is -1.51. The molecule has 1 aliphatic rings. The van der Waals surface area contributed by atoms with E-state index in [2.05, 4.69) is 42.5 Å². The highest BCUT2D eigenvalue weighted by atomic mass is 16.3. The first-order valence-electron chi connectivity index (χ1n) is 27.1. The lowest BCUT2D eigenvalue weighted by Crippen LogP contribution is -2.60. The molecule has 0 radical (unpaired) electrons. The van der Waals surface area contributed by atoms with Crippen molar-refractivity contribution in [3.05, 3.63) is 0 Å². The first kappa shape index (κ1) is 68.1. The van der Waals surface area contributed by atoms with Crippen LogP contribution in [0.3, 0.4) is 0 Å². The molecule has 11 unspecified atom stereocenters. The van der Waals surface area contributed by atoms with Crippen molar-refractivity contribution < 1.29 is 57.8 Å². The lowest BCUT2D eigenvalue weighted by atomic mass is 9.95. The number of nitrogens with one attached hydrogen (secondary N) is 8. The molecular formula is C53H95N11O12. The molecule has 9 N–H and O–H groups in total. The standard InChI is InChI=1S/C53H95N11O12/c1-18-32(11)41-53(76)63(16)43(30(7)8)49(72)57-34(13)46(69)54-23-20-38(66)58-36(26-28(3)4)51(74)62(15)44(31(9)10)50(73)61-42(35(14)65)47(70)55-24-21-39(67)59-37(27-29(5)6)52(75)64(17)45(33(12)19-2)48(71)56-25-22-40(68)60-41/h28-37,41-45,65H,18-27H2,1-17H3,(H,54,69)(H,55,70)(H,56,71)(H,57,72)(H,58,66)(H,59,67)(H,60,68)(H,61,73). The molecule has 76 heavy (non-hydrogen) atoms. The lowest BCUT2D eigenvalue weighted by molar-refractivity contribution is -0.145. The highest BCUT2D eigenvalue weighted by Crippen LogP contribution is 2.20. The number of carbonyl (C=O) groups excluding carboxylic acids is 11. The highest BCUT2D eigenvalue weighted by molar-refractivity contribution is 5.97. The Morgan fingerprint density at radius 3 is 1.21 bits per heavy atom. The summed E-state index contributed by atoms with van der Waals surface area (Å²) < 4.78 is 0. The molecule has 1 heterocycles. The van der Waals surface area contributed by atoms with Crippen LogP contribution in [0.2, 0.25) is 0 Å². The van der Waals surface area contributed by atoms with Crippen molar-refractivity contribution in [1.82, 2.24) is 57.2 Å². The molecule has 0 spiro atoms. The number of hydrogen-bond donors (Lipinski definition) is 9. The summed E-state index contributed by atoms with van der Waals surface area (Å²) in [5.41, 5.74) is 0. The number of likely N-dealkylation sites (N-methyl/N-ethyl adjacent to an activating group) is 3. The number of hydrogen-bond acceptors (Lipinski definition) is 12. The van der Waals surface area contributed by atoms with Gasteiger partial charge in [-0.2, -0.15) is 0 Å².